The number of rotatable bonds is 3. The Morgan fingerprint density at radius 2 is 2.29 bits per heavy atom. The molecule has 1 atom stereocenters. The van der Waals surface area contributed by atoms with E-state index in [9.17, 15) is 4.39 Å². The molecular formula is C11H13ClFN. The van der Waals surface area contributed by atoms with Crippen LogP contribution in [0.3, 0.4) is 0 Å². The van der Waals surface area contributed by atoms with Gasteiger partial charge < -0.3 is 5.73 Å². The highest BCUT2D eigenvalue weighted by molar-refractivity contribution is 6.32. The number of halogens is 2. The zero-order valence-electron chi connectivity index (χ0n) is 8.06. The summed E-state index contributed by atoms with van der Waals surface area (Å²) in [6.45, 7) is 5.39. The summed E-state index contributed by atoms with van der Waals surface area (Å²) in [7, 11) is 0. The fraction of sp³-hybridized carbons (Fsp3) is 0.273. The predicted molar refractivity (Wildman–Crippen MR) is 57.9 cm³/mol. The molecule has 3 heteroatoms. The lowest BCUT2D eigenvalue weighted by Crippen LogP contribution is -2.12. The van der Waals surface area contributed by atoms with E-state index in [-0.39, 0.29) is 5.82 Å². The molecule has 14 heavy (non-hydrogen) atoms. The Kier molecular flexibility index (Phi) is 3.67. The number of benzene rings is 1. The molecule has 0 amide bonds. The molecule has 76 valence electrons. The van der Waals surface area contributed by atoms with Crippen molar-refractivity contribution in [2.24, 2.45) is 5.73 Å². The van der Waals surface area contributed by atoms with E-state index >= 15 is 0 Å². The summed E-state index contributed by atoms with van der Waals surface area (Å²) in [5.74, 6) is -0.352. The smallest absolute Gasteiger partial charge is 0.129 e. The molecule has 0 aromatic heterocycles. The maximum Gasteiger partial charge on any atom is 0.129 e. The summed E-state index contributed by atoms with van der Waals surface area (Å²) in [5.41, 5.74) is 7.00. The minimum absolute atomic E-state index is 0.352. The van der Waals surface area contributed by atoms with Crippen molar-refractivity contribution >= 4 is 11.6 Å². The Bertz CT molecular complexity index is 349. The van der Waals surface area contributed by atoms with Gasteiger partial charge in [-0.3, -0.25) is 0 Å². The molecule has 0 aliphatic rings. The van der Waals surface area contributed by atoms with Crippen molar-refractivity contribution in [3.63, 3.8) is 0 Å². The van der Waals surface area contributed by atoms with Crippen LogP contribution >= 0.6 is 11.6 Å². The maximum atomic E-state index is 13.4. The first-order valence-corrected chi connectivity index (χ1v) is 4.76. The van der Waals surface area contributed by atoms with Gasteiger partial charge in [-0.15, -0.1) is 6.58 Å². The fourth-order valence-corrected chi connectivity index (χ4v) is 1.61. The van der Waals surface area contributed by atoms with Crippen molar-refractivity contribution < 1.29 is 4.39 Å². The molecule has 1 aromatic carbocycles. The largest absolute Gasteiger partial charge is 0.324 e. The third-order valence-electron chi connectivity index (χ3n) is 2.11. The minimum atomic E-state index is -0.417. The van der Waals surface area contributed by atoms with E-state index in [1.165, 1.54) is 6.07 Å². The topological polar surface area (TPSA) is 26.0 Å². The molecule has 0 heterocycles. The molecule has 0 radical (unpaired) electrons. The summed E-state index contributed by atoms with van der Waals surface area (Å²) < 4.78 is 13.4. The van der Waals surface area contributed by atoms with Gasteiger partial charge in [0.2, 0.25) is 0 Å². The molecule has 0 bridgehead atoms. The van der Waals surface area contributed by atoms with Crippen LogP contribution in [0.2, 0.25) is 5.02 Å². The highest BCUT2D eigenvalue weighted by Crippen LogP contribution is 2.29. The second-order valence-electron chi connectivity index (χ2n) is 3.22. The first-order chi connectivity index (χ1) is 6.57. The van der Waals surface area contributed by atoms with E-state index < -0.39 is 6.04 Å². The quantitative estimate of drug-likeness (QED) is 0.766. The first-order valence-electron chi connectivity index (χ1n) is 4.39. The lowest BCUT2D eigenvalue weighted by atomic mass is 10.0. The molecular weight excluding hydrogens is 201 g/mol. The van der Waals surface area contributed by atoms with Crippen molar-refractivity contribution in [2.75, 3.05) is 0 Å². The highest BCUT2D eigenvalue weighted by atomic mass is 35.5. The lowest BCUT2D eigenvalue weighted by molar-refractivity contribution is 0.583. The van der Waals surface area contributed by atoms with Gasteiger partial charge in [0.25, 0.3) is 0 Å². The number of aryl methyl sites for hydroxylation is 1. The second kappa shape index (κ2) is 4.58. The molecule has 0 saturated heterocycles. The van der Waals surface area contributed by atoms with E-state index in [4.69, 9.17) is 17.3 Å². The zero-order chi connectivity index (χ0) is 10.7. The van der Waals surface area contributed by atoms with Crippen molar-refractivity contribution in [3.8, 4) is 0 Å². The molecule has 1 rings (SSSR count). The normalized spacial score (nSPS) is 12.6. The molecule has 1 nitrogen and oxygen atoms in total. The Labute approximate surface area is 88.4 Å². The zero-order valence-corrected chi connectivity index (χ0v) is 8.81. The molecule has 0 fully saturated rings. The van der Waals surface area contributed by atoms with Gasteiger partial charge in [-0.05, 0) is 25.0 Å². The van der Waals surface area contributed by atoms with Crippen molar-refractivity contribution in [2.45, 2.75) is 19.4 Å². The Morgan fingerprint density at radius 3 is 2.86 bits per heavy atom. The van der Waals surface area contributed by atoms with Crippen molar-refractivity contribution in [3.05, 3.63) is 46.8 Å². The van der Waals surface area contributed by atoms with E-state index in [2.05, 4.69) is 6.58 Å². The molecule has 0 saturated carbocycles. The van der Waals surface area contributed by atoms with Crippen LogP contribution in [0.25, 0.3) is 0 Å². The van der Waals surface area contributed by atoms with Crippen LogP contribution in [0.1, 0.15) is 23.6 Å². The molecule has 0 aliphatic heterocycles. The Morgan fingerprint density at radius 1 is 1.64 bits per heavy atom. The fourth-order valence-electron chi connectivity index (χ4n) is 1.32. The van der Waals surface area contributed by atoms with Crippen LogP contribution in [0, 0.1) is 12.7 Å². The van der Waals surface area contributed by atoms with Gasteiger partial charge >= 0.3 is 0 Å². The standard InChI is InChI=1S/C11H13ClFN/c1-3-4-9(14)10-8(13)6-5-7(2)11(10)12/h3,5-6,9H,1,4,14H2,2H3/t9-/m1/s1. The average molecular weight is 214 g/mol. The third-order valence-corrected chi connectivity index (χ3v) is 2.61. The van der Waals surface area contributed by atoms with E-state index in [1.807, 2.05) is 6.92 Å². The van der Waals surface area contributed by atoms with E-state index in [0.717, 1.165) is 5.56 Å². The second-order valence-corrected chi connectivity index (χ2v) is 3.60. The number of nitrogens with two attached hydrogens (primary N) is 1. The summed E-state index contributed by atoms with van der Waals surface area (Å²) in [5, 5.41) is 0.416. The van der Waals surface area contributed by atoms with E-state index in [0.29, 0.717) is 17.0 Å². The van der Waals surface area contributed by atoms with Gasteiger partial charge in [-0.1, -0.05) is 23.7 Å². The number of hydrogen-bond donors (Lipinski definition) is 1. The van der Waals surface area contributed by atoms with Gasteiger partial charge in [-0.25, -0.2) is 4.39 Å². The summed E-state index contributed by atoms with van der Waals surface area (Å²) in [6, 6.07) is 2.61. The molecule has 0 unspecified atom stereocenters. The van der Waals surface area contributed by atoms with Gasteiger partial charge in [0.1, 0.15) is 5.82 Å². The van der Waals surface area contributed by atoms with Gasteiger partial charge in [-0.2, -0.15) is 0 Å². The van der Waals surface area contributed by atoms with E-state index in [1.54, 1.807) is 12.1 Å². The molecule has 0 spiro atoms. The Hall–Kier alpha value is -0.860. The first kappa shape index (κ1) is 11.2. The van der Waals surface area contributed by atoms with Crippen LogP contribution < -0.4 is 5.73 Å². The van der Waals surface area contributed by atoms with Crippen molar-refractivity contribution in [1.82, 2.24) is 0 Å². The van der Waals surface area contributed by atoms with Gasteiger partial charge in [0.05, 0.1) is 5.02 Å². The van der Waals surface area contributed by atoms with Crippen LogP contribution in [-0.4, -0.2) is 0 Å². The average Bonchev–Trinajstić information content (AvgIpc) is 2.13. The van der Waals surface area contributed by atoms with Crippen molar-refractivity contribution in [1.29, 1.82) is 0 Å². The summed E-state index contributed by atoms with van der Waals surface area (Å²) in [4.78, 5) is 0. The molecule has 0 aliphatic carbocycles. The third kappa shape index (κ3) is 2.14. The van der Waals surface area contributed by atoms with Crippen LogP contribution in [0.4, 0.5) is 4.39 Å². The predicted octanol–water partition coefficient (Wildman–Crippen LogP) is 3.36. The summed E-state index contributed by atoms with van der Waals surface area (Å²) in [6.07, 6.45) is 2.17. The Balaban J connectivity index is 3.17. The van der Waals surface area contributed by atoms with Gasteiger partial charge in [0.15, 0.2) is 0 Å². The number of hydrogen-bond acceptors (Lipinski definition) is 1. The van der Waals surface area contributed by atoms with Gasteiger partial charge in [0, 0.05) is 11.6 Å². The monoisotopic (exact) mass is 213 g/mol. The van der Waals surface area contributed by atoms with Crippen LogP contribution in [0.15, 0.2) is 24.8 Å². The lowest BCUT2D eigenvalue weighted by Gasteiger charge is -2.14. The highest BCUT2D eigenvalue weighted by Gasteiger charge is 2.15. The summed E-state index contributed by atoms with van der Waals surface area (Å²) >= 11 is 5.97. The van der Waals surface area contributed by atoms with Crippen LogP contribution in [-0.2, 0) is 0 Å². The minimum Gasteiger partial charge on any atom is -0.324 e. The molecule has 2 N–H and O–H groups in total. The maximum absolute atomic E-state index is 13.4. The van der Waals surface area contributed by atoms with Crippen LogP contribution in [0.5, 0.6) is 0 Å². The molecule has 1 aromatic rings. The SMILES string of the molecule is C=CC[C@@H](N)c1c(F)ccc(C)c1Cl.